The first-order valence-corrected chi connectivity index (χ1v) is 19.5. The van der Waals surface area contributed by atoms with Crippen molar-refractivity contribution in [1.82, 2.24) is 53.2 Å². The minimum atomic E-state index is -0.808. The van der Waals surface area contributed by atoms with E-state index in [1.165, 1.54) is 0 Å². The van der Waals surface area contributed by atoms with Crippen molar-refractivity contribution in [1.29, 1.82) is 0 Å². The number of carbonyl (C=O) groups excluding carboxylic acids is 5. The molecule has 0 aliphatic carbocycles. The number of likely N-dealkylation sites (N-methyl/N-ethyl adjacent to an activating group) is 4. The van der Waals surface area contributed by atoms with E-state index in [-0.39, 0.29) is 41.8 Å². The predicted octanol–water partition coefficient (Wildman–Crippen LogP) is -0.258. The van der Waals surface area contributed by atoms with Crippen LogP contribution in [0.4, 0.5) is 0 Å². The molecule has 52 heavy (non-hydrogen) atoms. The van der Waals surface area contributed by atoms with Gasteiger partial charge in [0.1, 0.15) is 0 Å². The van der Waals surface area contributed by atoms with Crippen LogP contribution in [-0.4, -0.2) is 135 Å². The zero-order valence-electron chi connectivity index (χ0n) is 33.1. The molecule has 0 heterocycles. The van der Waals surface area contributed by atoms with Gasteiger partial charge in [-0.1, -0.05) is 12.8 Å². The second kappa shape index (κ2) is 32.9. The zero-order chi connectivity index (χ0) is 39.0. The van der Waals surface area contributed by atoms with E-state index < -0.39 is 17.9 Å². The molecule has 0 aliphatic rings. The number of amides is 4. The van der Waals surface area contributed by atoms with Crippen LogP contribution in [0.5, 0.6) is 0 Å². The quantitative estimate of drug-likeness (QED) is 0.0384. The van der Waals surface area contributed by atoms with Crippen LogP contribution >= 0.6 is 0 Å². The molecule has 0 rings (SSSR count). The van der Waals surface area contributed by atoms with Crippen LogP contribution < -0.4 is 53.2 Å². The summed E-state index contributed by atoms with van der Waals surface area (Å²) >= 11 is 0. The fraction of sp³-hybridized carbons (Fsp3) is 0.838. The summed E-state index contributed by atoms with van der Waals surface area (Å²) in [5.74, 6) is -0.994. The predicted molar refractivity (Wildman–Crippen MR) is 209 cm³/mol. The fourth-order valence-corrected chi connectivity index (χ4v) is 5.91. The number of hydrogen-bond acceptors (Lipinski definition) is 11. The number of unbranched alkanes of at least 4 members (excludes halogenated alkanes) is 5. The van der Waals surface area contributed by atoms with Gasteiger partial charge in [-0.3, -0.25) is 24.0 Å². The molecule has 5 atom stereocenters. The lowest BCUT2D eigenvalue weighted by Gasteiger charge is -2.21. The molecule has 0 aromatic carbocycles. The molecule has 0 aromatic heterocycles. The Morgan fingerprint density at radius 1 is 0.385 bits per heavy atom. The lowest BCUT2D eigenvalue weighted by Crippen LogP contribution is -2.49. The van der Waals surface area contributed by atoms with Crippen molar-refractivity contribution in [3.05, 3.63) is 6.92 Å². The normalized spacial score (nSPS) is 14.1. The first-order valence-electron chi connectivity index (χ1n) is 19.5. The van der Waals surface area contributed by atoms with E-state index in [0.717, 1.165) is 70.9 Å². The van der Waals surface area contributed by atoms with Gasteiger partial charge in [-0.2, -0.15) is 0 Å². The molecular formula is C37H74N10O5. The molecule has 15 nitrogen and oxygen atoms in total. The molecular weight excluding hydrogens is 664 g/mol. The first kappa shape index (κ1) is 49.3. The van der Waals surface area contributed by atoms with Crippen LogP contribution in [-0.2, 0) is 24.0 Å². The summed E-state index contributed by atoms with van der Waals surface area (Å²) in [6.45, 7) is 9.00. The third kappa shape index (κ3) is 23.8. The number of Topliss-reactive ketones (excluding diaryl/α,β-unsaturated/α-hetero) is 1. The maximum Gasteiger partial charge on any atom is 0.237 e. The lowest BCUT2D eigenvalue weighted by molar-refractivity contribution is -0.127. The molecule has 0 saturated carbocycles. The molecule has 0 aliphatic heterocycles. The lowest BCUT2D eigenvalue weighted by atomic mass is 10.0. The Morgan fingerprint density at radius 2 is 0.654 bits per heavy atom. The summed E-state index contributed by atoms with van der Waals surface area (Å²) in [7, 11) is 10.9. The van der Waals surface area contributed by atoms with Crippen molar-refractivity contribution < 1.29 is 24.0 Å². The van der Waals surface area contributed by atoms with Gasteiger partial charge in [0.15, 0.2) is 5.78 Å². The van der Waals surface area contributed by atoms with E-state index in [4.69, 9.17) is 6.92 Å². The summed E-state index contributed by atoms with van der Waals surface area (Å²) in [5.41, 5.74) is 0. The highest BCUT2D eigenvalue weighted by atomic mass is 16.2. The average Bonchev–Trinajstić information content (AvgIpc) is 3.13. The van der Waals surface area contributed by atoms with Gasteiger partial charge in [-0.25, -0.2) is 0 Å². The maximum absolute atomic E-state index is 12.9. The number of ketones is 1. The summed E-state index contributed by atoms with van der Waals surface area (Å²) in [6.07, 6.45) is 11.3. The van der Waals surface area contributed by atoms with Gasteiger partial charge in [-0.05, 0) is 139 Å². The largest absolute Gasteiger partial charge is 0.355 e. The molecule has 0 bridgehead atoms. The molecule has 0 fully saturated rings. The van der Waals surface area contributed by atoms with Gasteiger partial charge in [0.25, 0.3) is 0 Å². The Balaban J connectivity index is 4.37. The second-order valence-electron chi connectivity index (χ2n) is 13.4. The Labute approximate surface area is 314 Å². The Morgan fingerprint density at radius 3 is 0.923 bits per heavy atom. The molecule has 10 N–H and O–H groups in total. The van der Waals surface area contributed by atoms with Crippen molar-refractivity contribution >= 4 is 29.4 Å². The van der Waals surface area contributed by atoms with Gasteiger partial charge in [0.05, 0.1) is 30.2 Å². The van der Waals surface area contributed by atoms with Crippen LogP contribution in [0.1, 0.15) is 96.3 Å². The summed E-state index contributed by atoms with van der Waals surface area (Å²) in [4.78, 5) is 62.7. The van der Waals surface area contributed by atoms with Crippen molar-refractivity contribution in [2.45, 2.75) is 127 Å². The smallest absolute Gasteiger partial charge is 0.237 e. The number of hydrogen-bond donors (Lipinski definition) is 10. The molecule has 5 unspecified atom stereocenters. The Bertz CT molecular complexity index is 973. The third-order valence-electron chi connectivity index (χ3n) is 9.32. The zero-order valence-corrected chi connectivity index (χ0v) is 33.1. The van der Waals surface area contributed by atoms with Crippen LogP contribution in [0.25, 0.3) is 0 Å². The van der Waals surface area contributed by atoms with E-state index in [1.54, 1.807) is 28.2 Å². The van der Waals surface area contributed by atoms with Crippen LogP contribution in [0.15, 0.2) is 0 Å². The van der Waals surface area contributed by atoms with Gasteiger partial charge >= 0.3 is 0 Å². The van der Waals surface area contributed by atoms with Gasteiger partial charge in [0, 0.05) is 26.6 Å². The van der Waals surface area contributed by atoms with Gasteiger partial charge in [0.2, 0.25) is 23.6 Å². The molecule has 15 heteroatoms. The molecule has 0 aromatic rings. The summed E-state index contributed by atoms with van der Waals surface area (Å²) in [6, 6.07) is -2.06. The molecule has 0 spiro atoms. The highest BCUT2D eigenvalue weighted by Crippen LogP contribution is 2.07. The SMILES string of the molecule is [CH]C(=O)C(CCCCNC(=O)C(CCCCNC(=O)C(CCCCNC)NC)NC)NC(=O)C(CCCCNC(=O)C(CCCCNC)NC)NC. The molecule has 4 amide bonds. The number of rotatable bonds is 35. The minimum absolute atomic E-state index is 0.00827. The van der Waals surface area contributed by atoms with E-state index in [0.29, 0.717) is 58.2 Å². The van der Waals surface area contributed by atoms with Crippen LogP contribution in [0, 0.1) is 6.92 Å². The first-order chi connectivity index (χ1) is 25.1. The fourth-order valence-electron chi connectivity index (χ4n) is 5.91. The van der Waals surface area contributed by atoms with E-state index >= 15 is 0 Å². The summed E-state index contributed by atoms with van der Waals surface area (Å²) in [5, 5.41) is 30.2. The van der Waals surface area contributed by atoms with Gasteiger partial charge in [-0.15, -0.1) is 0 Å². The van der Waals surface area contributed by atoms with E-state index in [1.807, 2.05) is 14.1 Å². The van der Waals surface area contributed by atoms with Crippen molar-refractivity contribution in [3.8, 4) is 0 Å². The Hall–Kier alpha value is -2.69. The standard InChI is InChI=1S/C37H74N10O5/c1-28(48)29(47-37(52)33(43-7)22-12-17-27-46-35(50)31(41-5)20-9-14-24-39-3)18-10-15-25-44-36(51)32(42-6)21-11-16-26-45-34(49)30(40-4)19-8-13-23-38-2/h1,29-33,38-43H,8-27H2,2-7H3,(H,44,51)(H,45,49)(H,46,50)(H,47,52). The summed E-state index contributed by atoms with van der Waals surface area (Å²) < 4.78 is 0. The second-order valence-corrected chi connectivity index (χ2v) is 13.4. The van der Waals surface area contributed by atoms with Crippen molar-refractivity contribution in [2.75, 3.05) is 75.0 Å². The highest BCUT2D eigenvalue weighted by molar-refractivity contribution is 5.93. The molecule has 302 valence electrons. The number of carbonyl (C=O) groups is 5. The van der Waals surface area contributed by atoms with Crippen LogP contribution in [0.3, 0.4) is 0 Å². The Kier molecular flexibility index (Phi) is 31.2. The minimum Gasteiger partial charge on any atom is -0.355 e. The van der Waals surface area contributed by atoms with Gasteiger partial charge < -0.3 is 53.2 Å². The third-order valence-corrected chi connectivity index (χ3v) is 9.32. The van der Waals surface area contributed by atoms with Crippen molar-refractivity contribution in [2.24, 2.45) is 0 Å². The maximum atomic E-state index is 12.9. The average molecular weight is 739 g/mol. The molecule has 2 radical (unpaired) electrons. The number of nitrogens with one attached hydrogen (secondary N) is 10. The highest BCUT2D eigenvalue weighted by Gasteiger charge is 2.23. The molecule has 0 saturated heterocycles. The monoisotopic (exact) mass is 739 g/mol. The van der Waals surface area contributed by atoms with E-state index in [9.17, 15) is 24.0 Å². The van der Waals surface area contributed by atoms with Crippen LogP contribution in [0.2, 0.25) is 0 Å². The van der Waals surface area contributed by atoms with E-state index in [2.05, 4.69) is 53.2 Å². The topological polar surface area (TPSA) is 206 Å². The van der Waals surface area contributed by atoms with Crippen molar-refractivity contribution in [3.63, 3.8) is 0 Å².